The highest BCUT2D eigenvalue weighted by Crippen LogP contribution is 2.27. The minimum absolute atomic E-state index is 0.00390. The number of nitrogens with one attached hydrogen (secondary N) is 9. The van der Waals surface area contributed by atoms with Crippen molar-refractivity contribution in [1.82, 2.24) is 57.4 Å². The fourth-order valence-corrected chi connectivity index (χ4v) is 10.8. The monoisotopic (exact) mass is 1100 g/mol. The first-order valence-electron chi connectivity index (χ1n) is 23.9. The number of likely N-dealkylation sites (N-methyl/N-ethyl adjacent to an activating group) is 1. The average Bonchev–Trinajstić information content (AvgIpc) is 4.03. The Morgan fingerprint density at radius 1 is 0.827 bits per heavy atom. The number of fused-ring (bicyclic) bond motifs is 1. The first kappa shape index (κ1) is 59.0. The van der Waals surface area contributed by atoms with Gasteiger partial charge in [0.25, 0.3) is 0 Å². The fourth-order valence-electron chi connectivity index (χ4n) is 8.24. The van der Waals surface area contributed by atoms with E-state index >= 15 is 0 Å². The number of rotatable bonds is 16. The zero-order valence-corrected chi connectivity index (χ0v) is 43.8. The number of carboxylic acids is 1. The first-order valence-corrected chi connectivity index (χ1v) is 26.7. The Balaban J connectivity index is 1.54. The Morgan fingerprint density at radius 2 is 1.48 bits per heavy atom. The van der Waals surface area contributed by atoms with Gasteiger partial charge < -0.3 is 67.7 Å². The summed E-state index contributed by atoms with van der Waals surface area (Å²) in [7, 11) is 3.34. The van der Waals surface area contributed by atoms with Gasteiger partial charge >= 0.3 is 5.97 Å². The number of hydrogen-bond donors (Lipinski definition) is 12. The molecule has 9 atom stereocenters. The zero-order valence-electron chi connectivity index (χ0n) is 41.4. The predicted octanol–water partition coefficient (Wildman–Crippen LogP) is -1.17. The molecule has 406 valence electrons. The van der Waals surface area contributed by atoms with E-state index in [4.69, 9.17) is 11.6 Å². The average molecular weight is 1100 g/mol. The summed E-state index contributed by atoms with van der Waals surface area (Å²) >= 11 is 6.19. The van der Waals surface area contributed by atoms with Crippen molar-refractivity contribution in [2.75, 3.05) is 25.1 Å². The van der Waals surface area contributed by atoms with Crippen LogP contribution in [0.2, 0.25) is 5.02 Å². The molecule has 3 heterocycles. The number of aromatic amines is 1. The molecule has 27 heteroatoms. The zero-order chi connectivity index (χ0) is 54.9. The van der Waals surface area contributed by atoms with E-state index in [0.717, 1.165) is 26.5 Å². The fraction of sp³-hybridized carbons (Fsp3) is 0.479. The summed E-state index contributed by atoms with van der Waals surface area (Å²) in [5, 5.41) is 51.5. The molecule has 75 heavy (non-hydrogen) atoms. The van der Waals surface area contributed by atoms with Crippen molar-refractivity contribution in [1.29, 1.82) is 0 Å². The van der Waals surface area contributed by atoms with Gasteiger partial charge in [-0.15, -0.1) is 0 Å². The molecule has 2 fully saturated rings. The van der Waals surface area contributed by atoms with Crippen molar-refractivity contribution in [3.63, 3.8) is 0 Å². The van der Waals surface area contributed by atoms with Crippen LogP contribution < -0.4 is 42.5 Å². The molecule has 2 saturated heterocycles. The van der Waals surface area contributed by atoms with Crippen molar-refractivity contribution >= 4 is 92.3 Å². The van der Waals surface area contributed by atoms with Crippen LogP contribution in [0.5, 0.6) is 5.75 Å². The number of benzene rings is 2. The van der Waals surface area contributed by atoms with E-state index < -0.39 is 127 Å². The number of aromatic nitrogens is 2. The topological polar surface area (TPSA) is 360 Å². The van der Waals surface area contributed by atoms with Crippen molar-refractivity contribution < 1.29 is 63.3 Å². The van der Waals surface area contributed by atoms with Gasteiger partial charge in [-0.3, -0.25) is 47.9 Å². The summed E-state index contributed by atoms with van der Waals surface area (Å²) < 4.78 is 0. The van der Waals surface area contributed by atoms with E-state index in [2.05, 4.69) is 52.5 Å². The third kappa shape index (κ3) is 17.9. The smallest absolute Gasteiger partial charge is 0.305 e. The Bertz CT molecular complexity index is 2540. The molecule has 3 aromatic rings. The third-order valence-corrected chi connectivity index (χ3v) is 14.7. The quantitative estimate of drug-likeness (QED) is 0.0753. The number of carbonyl (C=O) groups excluding carboxylic acids is 9. The van der Waals surface area contributed by atoms with Gasteiger partial charge in [-0.25, -0.2) is 4.98 Å². The molecule has 9 amide bonds. The summed E-state index contributed by atoms with van der Waals surface area (Å²) in [6, 6.07) is 1.10. The van der Waals surface area contributed by atoms with E-state index in [0.29, 0.717) is 11.3 Å². The predicted molar refractivity (Wildman–Crippen MR) is 275 cm³/mol. The van der Waals surface area contributed by atoms with Gasteiger partial charge in [0.1, 0.15) is 54.1 Å². The van der Waals surface area contributed by atoms with Gasteiger partial charge in [0.05, 0.1) is 23.9 Å². The van der Waals surface area contributed by atoms with Crippen molar-refractivity contribution in [3.05, 3.63) is 82.9 Å². The number of aliphatic hydroxyl groups is 1. The molecule has 24 nitrogen and oxygen atoms in total. The van der Waals surface area contributed by atoms with E-state index in [1.807, 2.05) is 0 Å². The lowest BCUT2D eigenvalue weighted by Gasteiger charge is -2.31. The first-order chi connectivity index (χ1) is 35.6. The second-order valence-electron chi connectivity index (χ2n) is 18.4. The molecule has 0 bridgehead atoms. The van der Waals surface area contributed by atoms with Gasteiger partial charge in [0.15, 0.2) is 0 Å². The molecule has 2 aromatic carbocycles. The van der Waals surface area contributed by atoms with Crippen LogP contribution in [0.1, 0.15) is 56.9 Å². The Hall–Kier alpha value is -6.90. The Kier molecular flexibility index (Phi) is 22.1. The molecule has 5 rings (SSSR count). The normalized spacial score (nSPS) is 23.0. The van der Waals surface area contributed by atoms with E-state index in [1.54, 1.807) is 44.2 Å². The molecular weight excluding hydrogens is 1040 g/mol. The standard InChI is InChI=1S/C48H62ClN11O13S2/c1-24(2)12-31-42(67)58-36(41(66)50-4)21-74-75-22-37(59-45(70)34(16-28-19-51-23-52-28)55-43(68)32(53-25(3)61)14-26-8-6-5-7-9-26)48(73)60-20-29(62)17-38(60)47(72)57-33(15-27-10-11-39(63)30(49)13-27)44(69)56-35(18-40(64)65)46(71)54-31/h5-11,13,19,23-24,29,31-38,62-63H,12,14-18,20-22H2,1-4H3,(H,50,66)(H,51,52)(H,53,61)(H,54,71)(H,55,68)(H,56,69)(H,57,72)(H,58,67)(H,59,70)(H,64,65)/t29?,31-,32-,33-,34-,35-,36-,37-,38?/m0/s1. The van der Waals surface area contributed by atoms with E-state index in [9.17, 15) is 63.3 Å². The maximum atomic E-state index is 14.9. The number of H-pyrrole nitrogens is 1. The molecule has 0 saturated carbocycles. The van der Waals surface area contributed by atoms with Crippen LogP contribution >= 0.6 is 33.2 Å². The molecule has 2 unspecified atom stereocenters. The molecule has 12 N–H and O–H groups in total. The summed E-state index contributed by atoms with van der Waals surface area (Å²) in [6.07, 6.45) is -0.335. The lowest BCUT2D eigenvalue weighted by Crippen LogP contribution is -2.61. The molecule has 2 aliphatic heterocycles. The third-order valence-electron chi connectivity index (χ3n) is 11.9. The maximum Gasteiger partial charge on any atom is 0.305 e. The number of hydrogen-bond acceptors (Lipinski definition) is 15. The van der Waals surface area contributed by atoms with Crippen LogP contribution in [0.25, 0.3) is 0 Å². The number of amides is 9. The Labute approximate surface area is 444 Å². The van der Waals surface area contributed by atoms with E-state index in [-0.39, 0.29) is 65.9 Å². The minimum Gasteiger partial charge on any atom is -0.506 e. The van der Waals surface area contributed by atoms with Gasteiger partial charge in [-0.05, 0) is 35.6 Å². The Morgan fingerprint density at radius 3 is 2.12 bits per heavy atom. The number of halogens is 1. The number of aliphatic carboxylic acids is 1. The SMILES string of the molecule is CNC(=O)[C@@H]1CSSC[C@H](NC(=O)[C@H](Cc2cnc[nH]2)NC(=O)[C@H](Cc2ccccc2)NC(C)=O)C(=O)N2CC(O)CC2C(=O)N[C@@H](Cc2ccc(O)c(Cl)c2)C(=O)N[C@@H](CC(=O)O)C(=O)N[C@@H](CC(C)C)C(=O)N1. The van der Waals surface area contributed by atoms with Crippen molar-refractivity contribution in [3.8, 4) is 5.75 Å². The highest BCUT2D eigenvalue weighted by molar-refractivity contribution is 8.76. The number of carboxylic acid groups (broad SMARTS) is 1. The largest absolute Gasteiger partial charge is 0.506 e. The molecule has 2 aliphatic rings. The summed E-state index contributed by atoms with van der Waals surface area (Å²) in [6.45, 7) is 4.31. The van der Waals surface area contributed by atoms with Crippen LogP contribution in [0.3, 0.4) is 0 Å². The number of aromatic hydroxyl groups is 1. The van der Waals surface area contributed by atoms with Gasteiger partial charge in [0, 0.05) is 69.6 Å². The molecule has 0 aliphatic carbocycles. The molecule has 0 radical (unpaired) electrons. The van der Waals surface area contributed by atoms with Crippen molar-refractivity contribution in [2.24, 2.45) is 5.92 Å². The van der Waals surface area contributed by atoms with E-state index in [1.165, 1.54) is 44.7 Å². The number of phenols is 1. The van der Waals surface area contributed by atoms with Crippen molar-refractivity contribution in [2.45, 2.75) is 114 Å². The number of phenolic OH excluding ortho intramolecular Hbond substituents is 1. The van der Waals surface area contributed by atoms with Crippen LogP contribution in [0, 0.1) is 5.92 Å². The number of aliphatic hydroxyl groups excluding tert-OH is 1. The van der Waals surface area contributed by atoms with Gasteiger partial charge in [0.2, 0.25) is 53.2 Å². The van der Waals surface area contributed by atoms with Gasteiger partial charge in [-0.2, -0.15) is 0 Å². The molecule has 0 spiro atoms. The van der Waals surface area contributed by atoms with Crippen LogP contribution in [0.15, 0.2) is 61.1 Å². The number of imidazole rings is 1. The highest BCUT2D eigenvalue weighted by atomic mass is 35.5. The second-order valence-corrected chi connectivity index (χ2v) is 21.3. The second kappa shape index (κ2) is 28.1. The van der Waals surface area contributed by atoms with Crippen LogP contribution in [-0.2, 0) is 67.2 Å². The number of nitrogens with zero attached hydrogens (tertiary/aromatic N) is 2. The molecular formula is C48H62ClN11O13S2. The maximum absolute atomic E-state index is 14.9. The summed E-state index contributed by atoms with van der Waals surface area (Å²) in [5.74, 6) is -10.1. The molecule has 1 aromatic heterocycles. The van der Waals surface area contributed by atoms with Crippen LogP contribution in [0.4, 0.5) is 0 Å². The minimum atomic E-state index is -1.83. The highest BCUT2D eigenvalue weighted by Gasteiger charge is 2.44. The lowest BCUT2D eigenvalue weighted by atomic mass is 10.0. The summed E-state index contributed by atoms with van der Waals surface area (Å²) in [5.41, 5.74) is 1.39. The van der Waals surface area contributed by atoms with Crippen LogP contribution in [-0.4, -0.2) is 169 Å². The number of carbonyl (C=O) groups is 10. The van der Waals surface area contributed by atoms with Gasteiger partial charge in [-0.1, -0.05) is 83.4 Å². The summed E-state index contributed by atoms with van der Waals surface area (Å²) in [4.78, 5) is 146. The lowest BCUT2D eigenvalue weighted by molar-refractivity contribution is -0.142.